The number of carbonyl (C=O) groups is 1. The van der Waals surface area contributed by atoms with E-state index in [1.807, 2.05) is 12.1 Å². The minimum atomic E-state index is 0.0555. The van der Waals surface area contributed by atoms with E-state index >= 15 is 0 Å². The van der Waals surface area contributed by atoms with E-state index in [1.54, 1.807) is 11.3 Å². The van der Waals surface area contributed by atoms with E-state index < -0.39 is 0 Å². The van der Waals surface area contributed by atoms with Crippen LogP contribution >= 0.6 is 11.3 Å². The molecular weight excluding hydrogens is 306 g/mol. The molecule has 1 aromatic carbocycles. The Labute approximate surface area is 141 Å². The fourth-order valence-electron chi connectivity index (χ4n) is 3.18. The first-order valence-electron chi connectivity index (χ1n) is 8.56. The molecule has 2 aromatic rings. The summed E-state index contributed by atoms with van der Waals surface area (Å²) in [4.78, 5) is 19.2. The molecule has 1 aromatic heterocycles. The van der Waals surface area contributed by atoms with Crippen molar-refractivity contribution in [1.29, 1.82) is 0 Å². The Bertz CT molecular complexity index is 622. The highest BCUT2D eigenvalue weighted by atomic mass is 32.1. The molecule has 1 amide bonds. The van der Waals surface area contributed by atoms with Gasteiger partial charge in [-0.1, -0.05) is 25.0 Å². The second-order valence-corrected chi connectivity index (χ2v) is 7.43. The van der Waals surface area contributed by atoms with Gasteiger partial charge in [0.15, 0.2) is 0 Å². The van der Waals surface area contributed by atoms with E-state index in [0.717, 1.165) is 49.3 Å². The highest BCUT2D eigenvalue weighted by Crippen LogP contribution is 2.22. The van der Waals surface area contributed by atoms with Crippen molar-refractivity contribution in [2.24, 2.45) is 0 Å². The van der Waals surface area contributed by atoms with Crippen LogP contribution in [0.2, 0.25) is 0 Å². The molecule has 1 unspecified atom stereocenters. The summed E-state index contributed by atoms with van der Waals surface area (Å²) >= 11 is 1.76. The quantitative estimate of drug-likeness (QED) is 0.856. The average Bonchev–Trinajstić information content (AvgIpc) is 2.85. The number of benzene rings is 1. The summed E-state index contributed by atoms with van der Waals surface area (Å²) in [6.45, 7) is 1.77. The molecule has 5 heteroatoms. The molecule has 4 nitrogen and oxygen atoms in total. The highest BCUT2D eigenvalue weighted by molar-refractivity contribution is 7.18. The van der Waals surface area contributed by atoms with Crippen LogP contribution in [0.25, 0.3) is 10.2 Å². The first-order valence-corrected chi connectivity index (χ1v) is 9.38. The van der Waals surface area contributed by atoms with Gasteiger partial charge in [-0.3, -0.25) is 9.69 Å². The van der Waals surface area contributed by atoms with Gasteiger partial charge in [0.05, 0.1) is 21.3 Å². The van der Waals surface area contributed by atoms with E-state index in [2.05, 4.69) is 34.4 Å². The lowest BCUT2D eigenvalue weighted by molar-refractivity contribution is -0.126. The Morgan fingerprint density at radius 1 is 1.35 bits per heavy atom. The van der Waals surface area contributed by atoms with Crippen LogP contribution in [0, 0.1) is 0 Å². The number of nitrogens with one attached hydrogen (secondary N) is 1. The van der Waals surface area contributed by atoms with Gasteiger partial charge >= 0.3 is 0 Å². The van der Waals surface area contributed by atoms with Crippen molar-refractivity contribution in [2.75, 3.05) is 20.1 Å². The fourth-order valence-corrected chi connectivity index (χ4v) is 4.19. The lowest BCUT2D eigenvalue weighted by atomic mass is 10.1. The summed E-state index contributed by atoms with van der Waals surface area (Å²) in [5, 5.41) is 4.27. The van der Waals surface area contributed by atoms with Crippen LogP contribution < -0.4 is 5.32 Å². The maximum absolute atomic E-state index is 12.3. The fraction of sp³-hybridized carbons (Fsp3) is 0.556. The molecule has 1 aliphatic heterocycles. The predicted molar refractivity (Wildman–Crippen MR) is 95.8 cm³/mol. The van der Waals surface area contributed by atoms with Crippen molar-refractivity contribution in [3.8, 4) is 0 Å². The number of aryl methyl sites for hydroxylation is 1. The number of thiazole rings is 1. The molecule has 1 fully saturated rings. The van der Waals surface area contributed by atoms with Crippen LogP contribution in [0.1, 0.15) is 37.1 Å². The Balaban J connectivity index is 1.44. The molecule has 0 radical (unpaired) electrons. The van der Waals surface area contributed by atoms with E-state index in [0.29, 0.717) is 0 Å². The van der Waals surface area contributed by atoms with Crippen molar-refractivity contribution < 1.29 is 4.79 Å². The molecule has 1 atom stereocenters. The third kappa shape index (κ3) is 4.30. The number of aromatic nitrogens is 1. The van der Waals surface area contributed by atoms with Gasteiger partial charge < -0.3 is 5.32 Å². The third-order valence-corrected chi connectivity index (χ3v) is 5.62. The second kappa shape index (κ2) is 7.88. The molecule has 2 heterocycles. The smallest absolute Gasteiger partial charge is 0.237 e. The van der Waals surface area contributed by atoms with Crippen LogP contribution in [0.15, 0.2) is 24.3 Å². The zero-order valence-electron chi connectivity index (χ0n) is 13.8. The molecule has 0 saturated carbocycles. The first kappa shape index (κ1) is 16.4. The summed E-state index contributed by atoms with van der Waals surface area (Å²) in [5.74, 6) is 0.193. The van der Waals surface area contributed by atoms with Gasteiger partial charge in [-0.2, -0.15) is 0 Å². The minimum absolute atomic E-state index is 0.0555. The lowest BCUT2D eigenvalue weighted by Gasteiger charge is -2.24. The number of para-hydroxylation sites is 1. The summed E-state index contributed by atoms with van der Waals surface area (Å²) in [6, 6.07) is 8.29. The Morgan fingerprint density at radius 3 is 3.09 bits per heavy atom. The first-order chi connectivity index (χ1) is 11.2. The zero-order chi connectivity index (χ0) is 16.1. The number of likely N-dealkylation sites (N-methyl/N-ethyl adjacent to an activating group) is 1. The van der Waals surface area contributed by atoms with Crippen molar-refractivity contribution >= 4 is 27.5 Å². The monoisotopic (exact) mass is 331 g/mol. The highest BCUT2D eigenvalue weighted by Gasteiger charge is 2.24. The number of hydrogen-bond acceptors (Lipinski definition) is 4. The largest absolute Gasteiger partial charge is 0.355 e. The van der Waals surface area contributed by atoms with Crippen LogP contribution in [0.3, 0.4) is 0 Å². The number of carbonyl (C=O) groups excluding carboxylic acids is 1. The third-order valence-electron chi connectivity index (χ3n) is 4.53. The molecule has 1 N–H and O–H groups in total. The Morgan fingerprint density at radius 2 is 2.22 bits per heavy atom. The van der Waals surface area contributed by atoms with Crippen molar-refractivity contribution in [3.63, 3.8) is 0 Å². The number of amides is 1. The van der Waals surface area contributed by atoms with Gasteiger partial charge in [0.2, 0.25) is 5.91 Å². The maximum Gasteiger partial charge on any atom is 0.237 e. The molecular formula is C18H25N3OS. The van der Waals surface area contributed by atoms with E-state index in [4.69, 9.17) is 0 Å². The number of fused-ring (bicyclic) bond motifs is 1. The Kier molecular flexibility index (Phi) is 5.62. The van der Waals surface area contributed by atoms with E-state index in [-0.39, 0.29) is 11.9 Å². The number of hydrogen-bond donors (Lipinski definition) is 1. The summed E-state index contributed by atoms with van der Waals surface area (Å²) in [7, 11) is 2.07. The van der Waals surface area contributed by atoms with Crippen LogP contribution in [0.5, 0.6) is 0 Å². The number of rotatable bonds is 5. The van der Waals surface area contributed by atoms with Gasteiger partial charge in [-0.15, -0.1) is 11.3 Å². The van der Waals surface area contributed by atoms with Crippen LogP contribution in [-0.2, 0) is 11.2 Å². The molecule has 0 spiro atoms. The minimum Gasteiger partial charge on any atom is -0.355 e. The standard InChI is InChI=1S/C18H25N3OS/c1-21-13-6-2-3-9-15(21)18(22)19-12-7-11-17-20-14-8-4-5-10-16(14)23-17/h4-5,8,10,15H,2-3,6-7,9,11-13H2,1H3,(H,19,22). The number of likely N-dealkylation sites (tertiary alicyclic amines) is 1. The normalized spacial score (nSPS) is 19.6. The van der Waals surface area contributed by atoms with Crippen molar-refractivity contribution in [3.05, 3.63) is 29.3 Å². The molecule has 3 rings (SSSR count). The molecule has 0 aliphatic carbocycles. The Hall–Kier alpha value is -1.46. The van der Waals surface area contributed by atoms with E-state index in [9.17, 15) is 4.79 Å². The molecule has 0 bridgehead atoms. The predicted octanol–water partition coefficient (Wildman–Crippen LogP) is 3.22. The van der Waals surface area contributed by atoms with Gasteiger partial charge in [0.25, 0.3) is 0 Å². The second-order valence-electron chi connectivity index (χ2n) is 6.32. The SMILES string of the molecule is CN1CCCCCC1C(=O)NCCCc1nc2ccccc2s1. The summed E-state index contributed by atoms with van der Waals surface area (Å²) in [5.41, 5.74) is 1.08. The van der Waals surface area contributed by atoms with Gasteiger partial charge in [0, 0.05) is 13.0 Å². The molecule has 23 heavy (non-hydrogen) atoms. The van der Waals surface area contributed by atoms with E-state index in [1.165, 1.54) is 17.5 Å². The number of nitrogens with zero attached hydrogens (tertiary/aromatic N) is 2. The van der Waals surface area contributed by atoms with Gasteiger partial charge in [-0.05, 0) is 45.0 Å². The zero-order valence-corrected chi connectivity index (χ0v) is 14.6. The molecule has 124 valence electrons. The average molecular weight is 331 g/mol. The lowest BCUT2D eigenvalue weighted by Crippen LogP contribution is -2.45. The summed E-state index contributed by atoms with van der Waals surface area (Å²) in [6.07, 6.45) is 6.47. The van der Waals surface area contributed by atoms with Gasteiger partial charge in [0.1, 0.15) is 0 Å². The summed E-state index contributed by atoms with van der Waals surface area (Å²) < 4.78 is 1.24. The van der Waals surface area contributed by atoms with Crippen molar-refractivity contribution in [2.45, 2.75) is 44.6 Å². The van der Waals surface area contributed by atoms with Crippen LogP contribution in [0.4, 0.5) is 0 Å². The maximum atomic E-state index is 12.3. The van der Waals surface area contributed by atoms with Crippen molar-refractivity contribution in [1.82, 2.24) is 15.2 Å². The van der Waals surface area contributed by atoms with Gasteiger partial charge in [-0.25, -0.2) is 4.98 Å². The van der Waals surface area contributed by atoms with Crippen LogP contribution in [-0.4, -0.2) is 42.0 Å². The molecule has 1 saturated heterocycles. The molecule has 1 aliphatic rings. The topological polar surface area (TPSA) is 45.2 Å².